The molecule has 1 aliphatic carbocycles. The Hall–Kier alpha value is -2.65. The summed E-state index contributed by atoms with van der Waals surface area (Å²) in [5.41, 5.74) is 6.82. The number of hydrogen-bond acceptors (Lipinski definition) is 2. The van der Waals surface area contributed by atoms with E-state index in [0.29, 0.717) is 19.1 Å². The van der Waals surface area contributed by atoms with Crippen LogP contribution < -0.4 is 4.90 Å². The Labute approximate surface area is 117 Å². The molecule has 2 rings (SSSR count). The molecule has 0 radical (unpaired) electrons. The van der Waals surface area contributed by atoms with Crippen molar-refractivity contribution in [2.75, 3.05) is 4.90 Å². The molecule has 5 nitrogen and oxygen atoms in total. The van der Waals surface area contributed by atoms with Crippen LogP contribution in [0.5, 0.6) is 0 Å². The highest BCUT2D eigenvalue weighted by molar-refractivity contribution is 6.31. The van der Waals surface area contributed by atoms with Crippen LogP contribution >= 0.6 is 0 Å². The number of benzene rings is 1. The number of anilines is 1. The van der Waals surface area contributed by atoms with Gasteiger partial charge in [0.2, 0.25) is 0 Å². The molecule has 0 saturated heterocycles. The van der Waals surface area contributed by atoms with Gasteiger partial charge in [-0.05, 0) is 31.0 Å². The van der Waals surface area contributed by atoms with Gasteiger partial charge >= 0.3 is 18.3 Å². The highest BCUT2D eigenvalue weighted by atomic mass is 19.4. The Kier molecular flexibility index (Phi) is 3.78. The highest BCUT2D eigenvalue weighted by Crippen LogP contribution is 2.37. The van der Waals surface area contributed by atoms with Gasteiger partial charge < -0.3 is 5.53 Å². The zero-order chi connectivity index (χ0) is 15.6. The van der Waals surface area contributed by atoms with E-state index >= 15 is 0 Å². The summed E-state index contributed by atoms with van der Waals surface area (Å²) < 4.78 is 38.8. The number of amides is 1. The minimum Gasteiger partial charge on any atom is -0.361 e. The van der Waals surface area contributed by atoms with E-state index in [1.165, 1.54) is 12.1 Å². The van der Waals surface area contributed by atoms with Crippen molar-refractivity contribution >= 4 is 17.8 Å². The second-order valence-electron chi connectivity index (χ2n) is 4.52. The van der Waals surface area contributed by atoms with Crippen molar-refractivity contribution in [1.82, 2.24) is 0 Å². The number of carbonyl (C=O) groups excluding carboxylic acids is 1. The van der Waals surface area contributed by atoms with Crippen molar-refractivity contribution in [2.45, 2.75) is 25.1 Å². The van der Waals surface area contributed by atoms with Gasteiger partial charge in [0.25, 0.3) is 0 Å². The zero-order valence-electron chi connectivity index (χ0n) is 10.6. The Balaban J connectivity index is 2.50. The standard InChI is InChI=1S/C13H9F3N4O/c14-13(15,16)11-5-10(2-1-8(11)6-17)20(9-3-4-9)12(21)7-19-18/h1-2,5,7,9H,3-4H2. The number of carbonyl (C=O) groups is 1. The molecule has 1 fully saturated rings. The zero-order valence-corrected chi connectivity index (χ0v) is 10.6. The summed E-state index contributed by atoms with van der Waals surface area (Å²) in [7, 11) is 0. The first-order chi connectivity index (χ1) is 9.88. The van der Waals surface area contributed by atoms with Crippen LogP contribution in [0.1, 0.15) is 24.0 Å². The maximum Gasteiger partial charge on any atom is 0.417 e. The van der Waals surface area contributed by atoms with Crippen LogP contribution in [0.3, 0.4) is 0 Å². The first kappa shape index (κ1) is 14.8. The number of nitrogens with zero attached hydrogens (tertiary/aromatic N) is 4. The average molecular weight is 294 g/mol. The van der Waals surface area contributed by atoms with E-state index in [1.54, 1.807) is 0 Å². The summed E-state index contributed by atoms with van der Waals surface area (Å²) in [5.74, 6) is -0.710. The Morgan fingerprint density at radius 2 is 2.14 bits per heavy atom. The van der Waals surface area contributed by atoms with E-state index in [9.17, 15) is 18.0 Å². The van der Waals surface area contributed by atoms with Crippen LogP contribution in [-0.4, -0.2) is 23.0 Å². The van der Waals surface area contributed by atoms with Gasteiger partial charge in [-0.2, -0.15) is 23.2 Å². The third kappa shape index (κ3) is 3.09. The number of halogens is 3. The predicted molar refractivity (Wildman–Crippen MR) is 66.4 cm³/mol. The largest absolute Gasteiger partial charge is 0.417 e. The number of nitriles is 1. The topological polar surface area (TPSA) is 80.5 Å². The van der Waals surface area contributed by atoms with E-state index in [-0.39, 0.29) is 11.7 Å². The van der Waals surface area contributed by atoms with Gasteiger partial charge in [-0.3, -0.25) is 9.69 Å². The fourth-order valence-corrected chi connectivity index (χ4v) is 1.98. The lowest BCUT2D eigenvalue weighted by Gasteiger charge is -2.20. The van der Waals surface area contributed by atoms with Crippen LogP contribution in [0.25, 0.3) is 5.53 Å². The van der Waals surface area contributed by atoms with Gasteiger partial charge in [0.1, 0.15) is 0 Å². The molecule has 0 N–H and O–H groups in total. The molecule has 1 amide bonds. The first-order valence-corrected chi connectivity index (χ1v) is 6.00. The Morgan fingerprint density at radius 3 is 2.62 bits per heavy atom. The van der Waals surface area contributed by atoms with E-state index in [4.69, 9.17) is 10.8 Å². The molecule has 0 aliphatic heterocycles. The van der Waals surface area contributed by atoms with E-state index in [0.717, 1.165) is 17.0 Å². The molecule has 0 bridgehead atoms. The molecular weight excluding hydrogens is 285 g/mol. The van der Waals surface area contributed by atoms with Crippen LogP contribution in [0.4, 0.5) is 18.9 Å². The number of alkyl halides is 3. The summed E-state index contributed by atoms with van der Waals surface area (Å²) in [6.45, 7) is 0. The minimum atomic E-state index is -4.69. The fourth-order valence-electron chi connectivity index (χ4n) is 1.98. The van der Waals surface area contributed by atoms with Gasteiger partial charge in [0, 0.05) is 11.7 Å². The third-order valence-electron chi connectivity index (χ3n) is 3.02. The Bertz CT molecular complexity index is 667. The second-order valence-corrected chi connectivity index (χ2v) is 4.52. The SMILES string of the molecule is N#Cc1ccc(N(C(=O)C=[N+]=[N-])C2CC2)cc1C(F)(F)F. The van der Waals surface area contributed by atoms with Crippen molar-refractivity contribution in [2.24, 2.45) is 0 Å². The molecule has 1 saturated carbocycles. The van der Waals surface area contributed by atoms with Crippen LogP contribution in [0.15, 0.2) is 18.2 Å². The first-order valence-electron chi connectivity index (χ1n) is 6.00. The van der Waals surface area contributed by atoms with Crippen molar-refractivity contribution in [3.05, 3.63) is 34.9 Å². The third-order valence-corrected chi connectivity index (χ3v) is 3.02. The summed E-state index contributed by atoms with van der Waals surface area (Å²) >= 11 is 0. The van der Waals surface area contributed by atoms with Crippen molar-refractivity contribution < 1.29 is 22.8 Å². The maximum absolute atomic E-state index is 12.9. The van der Waals surface area contributed by atoms with Crippen LogP contribution in [0.2, 0.25) is 0 Å². The monoisotopic (exact) mass is 294 g/mol. The lowest BCUT2D eigenvalue weighted by molar-refractivity contribution is -0.137. The summed E-state index contributed by atoms with van der Waals surface area (Å²) in [6.07, 6.45) is -2.74. The molecule has 8 heteroatoms. The van der Waals surface area contributed by atoms with Crippen molar-refractivity contribution in [3.8, 4) is 6.07 Å². The van der Waals surface area contributed by atoms with Gasteiger partial charge in [0.15, 0.2) is 0 Å². The van der Waals surface area contributed by atoms with E-state index in [2.05, 4.69) is 4.79 Å². The molecule has 21 heavy (non-hydrogen) atoms. The fraction of sp³-hybridized carbons (Fsp3) is 0.308. The number of rotatable bonds is 3. The highest BCUT2D eigenvalue weighted by Gasteiger charge is 2.38. The van der Waals surface area contributed by atoms with Crippen LogP contribution in [0, 0.1) is 11.3 Å². The van der Waals surface area contributed by atoms with Gasteiger partial charge in [0.05, 0.1) is 17.2 Å². The summed E-state index contributed by atoms with van der Waals surface area (Å²) in [4.78, 5) is 15.6. The lowest BCUT2D eigenvalue weighted by Crippen LogP contribution is -2.34. The maximum atomic E-state index is 12.9. The molecule has 1 aromatic carbocycles. The minimum absolute atomic E-state index is 0.0220. The molecule has 0 aromatic heterocycles. The molecule has 1 aromatic rings. The average Bonchev–Trinajstić information content (AvgIpc) is 3.23. The lowest BCUT2D eigenvalue weighted by atomic mass is 10.1. The van der Waals surface area contributed by atoms with Gasteiger partial charge in [-0.1, -0.05) is 0 Å². The molecule has 0 heterocycles. The predicted octanol–water partition coefficient (Wildman–Crippen LogP) is 2.37. The smallest absolute Gasteiger partial charge is 0.361 e. The van der Waals surface area contributed by atoms with Crippen molar-refractivity contribution in [1.29, 1.82) is 5.26 Å². The summed E-state index contributed by atoms with van der Waals surface area (Å²) in [5, 5.41) is 8.74. The van der Waals surface area contributed by atoms with Gasteiger partial charge in [-0.15, -0.1) is 0 Å². The molecular formula is C13H9F3N4O. The summed E-state index contributed by atoms with van der Waals surface area (Å²) in [6, 6.07) is 4.32. The molecule has 0 atom stereocenters. The normalized spacial score (nSPS) is 14.0. The van der Waals surface area contributed by atoms with E-state index < -0.39 is 23.2 Å². The quantitative estimate of drug-likeness (QED) is 0.487. The molecule has 108 valence electrons. The second kappa shape index (κ2) is 5.38. The molecule has 0 unspecified atom stereocenters. The van der Waals surface area contributed by atoms with Gasteiger partial charge in [-0.25, -0.2) is 0 Å². The van der Waals surface area contributed by atoms with Crippen LogP contribution in [-0.2, 0) is 11.0 Å². The number of hydrogen-bond donors (Lipinski definition) is 0. The van der Waals surface area contributed by atoms with Crippen molar-refractivity contribution in [3.63, 3.8) is 0 Å². The Morgan fingerprint density at radius 1 is 1.48 bits per heavy atom. The molecule has 1 aliphatic rings. The molecule has 0 spiro atoms. The van der Waals surface area contributed by atoms with E-state index in [1.807, 2.05) is 0 Å².